The Hall–Kier alpha value is -1.68. The minimum Gasteiger partial charge on any atom is -0.463 e. The highest BCUT2D eigenvalue weighted by Crippen LogP contribution is 2.22. The van der Waals surface area contributed by atoms with E-state index >= 15 is 0 Å². The van der Waals surface area contributed by atoms with Gasteiger partial charge >= 0.3 is 5.97 Å². The second kappa shape index (κ2) is 18.6. The summed E-state index contributed by atoms with van der Waals surface area (Å²) >= 11 is 0. The van der Waals surface area contributed by atoms with Crippen molar-refractivity contribution in [3.8, 4) is 0 Å². The number of ether oxygens (including phenoxy) is 1. The maximum atomic E-state index is 12.7. The van der Waals surface area contributed by atoms with Crippen LogP contribution in [-0.4, -0.2) is 29.6 Å². The van der Waals surface area contributed by atoms with E-state index < -0.39 is 12.0 Å². The number of unbranched alkanes of at least 4 members (excludes halogenated alkanes) is 7. The summed E-state index contributed by atoms with van der Waals surface area (Å²) in [5.41, 5.74) is 2.06. The Morgan fingerprint density at radius 3 is 1.94 bits per heavy atom. The van der Waals surface area contributed by atoms with E-state index in [1.54, 1.807) is 33.8 Å². The highest BCUT2D eigenvalue weighted by atomic mass is 16.5. The standard InChI is InChI=1S/C30H52O4/c1-9-11-12-13-14-15-16-17-18-23(4)28(31)24(5)19-22(3)20-25(6)29(32)26(7)21-27(8)30(33)34-10-2/h19-21,23-24,26,28,31H,9-18H2,1-8H3/b22-19+,25-20+,27-21+/t23?,24?,26-,28?/m1/s1. The Labute approximate surface area is 209 Å². The molecule has 4 atom stereocenters. The molecule has 0 spiro atoms. The number of carbonyl (C=O) groups excluding carboxylic acids is 2. The average molecular weight is 477 g/mol. The van der Waals surface area contributed by atoms with Gasteiger partial charge in [0.2, 0.25) is 0 Å². The molecule has 0 fully saturated rings. The van der Waals surface area contributed by atoms with Crippen molar-refractivity contribution in [2.75, 3.05) is 6.61 Å². The number of aliphatic hydroxyl groups is 1. The van der Waals surface area contributed by atoms with Gasteiger partial charge in [-0.25, -0.2) is 4.79 Å². The molecule has 0 saturated heterocycles. The summed E-state index contributed by atoms with van der Waals surface area (Å²) in [5, 5.41) is 10.8. The number of allylic oxidation sites excluding steroid dienone is 4. The van der Waals surface area contributed by atoms with Crippen LogP contribution in [0.15, 0.2) is 34.9 Å². The van der Waals surface area contributed by atoms with Crippen LogP contribution in [0.5, 0.6) is 0 Å². The molecule has 0 aromatic heterocycles. The molecule has 0 radical (unpaired) electrons. The van der Waals surface area contributed by atoms with E-state index in [9.17, 15) is 14.7 Å². The molecule has 0 aliphatic rings. The van der Waals surface area contributed by atoms with Gasteiger partial charge in [0.15, 0.2) is 5.78 Å². The molecule has 0 heterocycles. The van der Waals surface area contributed by atoms with Crippen molar-refractivity contribution in [2.24, 2.45) is 17.8 Å². The summed E-state index contributed by atoms with van der Waals surface area (Å²) < 4.78 is 4.98. The Bertz CT molecular complexity index is 686. The predicted molar refractivity (Wildman–Crippen MR) is 144 cm³/mol. The van der Waals surface area contributed by atoms with E-state index in [0.29, 0.717) is 17.8 Å². The van der Waals surface area contributed by atoms with Gasteiger partial charge in [0.05, 0.1) is 12.7 Å². The van der Waals surface area contributed by atoms with Gasteiger partial charge in [-0.05, 0) is 45.6 Å². The van der Waals surface area contributed by atoms with E-state index in [-0.39, 0.29) is 23.6 Å². The van der Waals surface area contributed by atoms with Crippen molar-refractivity contribution in [1.82, 2.24) is 0 Å². The van der Waals surface area contributed by atoms with Crippen LogP contribution in [-0.2, 0) is 14.3 Å². The Morgan fingerprint density at radius 2 is 1.38 bits per heavy atom. The molecule has 4 heteroatoms. The van der Waals surface area contributed by atoms with Crippen LogP contribution in [0, 0.1) is 17.8 Å². The first kappa shape index (κ1) is 32.3. The summed E-state index contributed by atoms with van der Waals surface area (Å²) in [6.45, 7) is 15.7. The molecule has 1 N–H and O–H groups in total. The normalized spacial score (nSPS) is 16.7. The van der Waals surface area contributed by atoms with Crippen LogP contribution in [0.1, 0.15) is 113 Å². The zero-order chi connectivity index (χ0) is 26.1. The quantitative estimate of drug-likeness (QED) is 0.0950. The lowest BCUT2D eigenvalue weighted by atomic mass is 9.88. The molecule has 0 aromatic rings. The fraction of sp³-hybridized carbons (Fsp3) is 0.733. The van der Waals surface area contributed by atoms with Gasteiger partial charge in [0.25, 0.3) is 0 Å². The zero-order valence-corrected chi connectivity index (χ0v) is 23.3. The SMILES string of the molecule is CCCCCCCCCCC(C)C(O)C(C)/C=C(C)/C=C(\C)C(=O)[C@H](C)/C=C(\C)C(=O)OCC. The largest absolute Gasteiger partial charge is 0.463 e. The van der Waals surface area contributed by atoms with Crippen LogP contribution in [0.4, 0.5) is 0 Å². The van der Waals surface area contributed by atoms with E-state index in [4.69, 9.17) is 4.74 Å². The Kier molecular flexibility index (Phi) is 17.7. The van der Waals surface area contributed by atoms with Crippen molar-refractivity contribution >= 4 is 11.8 Å². The van der Waals surface area contributed by atoms with Crippen LogP contribution in [0.25, 0.3) is 0 Å². The summed E-state index contributed by atoms with van der Waals surface area (Å²) in [6, 6.07) is 0. The molecule has 4 nitrogen and oxygen atoms in total. The van der Waals surface area contributed by atoms with Gasteiger partial charge in [0, 0.05) is 17.4 Å². The van der Waals surface area contributed by atoms with Crippen molar-refractivity contribution in [3.63, 3.8) is 0 Å². The van der Waals surface area contributed by atoms with E-state index in [1.807, 2.05) is 19.9 Å². The summed E-state index contributed by atoms with van der Waals surface area (Å²) in [7, 11) is 0. The topological polar surface area (TPSA) is 63.6 Å². The number of aliphatic hydroxyl groups excluding tert-OH is 1. The second-order valence-electron chi connectivity index (χ2n) is 10.1. The number of esters is 1. The number of carbonyl (C=O) groups is 2. The van der Waals surface area contributed by atoms with Gasteiger partial charge in [-0.2, -0.15) is 0 Å². The van der Waals surface area contributed by atoms with Crippen molar-refractivity contribution < 1.29 is 19.4 Å². The second-order valence-corrected chi connectivity index (χ2v) is 10.1. The third-order valence-electron chi connectivity index (χ3n) is 6.50. The summed E-state index contributed by atoms with van der Waals surface area (Å²) in [5.74, 6) is -0.534. The number of ketones is 1. The molecule has 0 aromatic carbocycles. The first-order valence-electron chi connectivity index (χ1n) is 13.5. The van der Waals surface area contributed by atoms with Crippen LogP contribution >= 0.6 is 0 Å². The Balaban J connectivity index is 4.70. The summed E-state index contributed by atoms with van der Waals surface area (Å²) in [4.78, 5) is 24.5. The minimum atomic E-state index is -0.400. The predicted octanol–water partition coefficient (Wildman–Crippen LogP) is 7.76. The maximum absolute atomic E-state index is 12.7. The lowest BCUT2D eigenvalue weighted by Crippen LogP contribution is -2.24. The number of hydrogen-bond acceptors (Lipinski definition) is 4. The molecule has 0 rings (SSSR count). The molecule has 0 saturated carbocycles. The lowest BCUT2D eigenvalue weighted by molar-refractivity contribution is -0.138. The van der Waals surface area contributed by atoms with Crippen LogP contribution in [0.2, 0.25) is 0 Å². The van der Waals surface area contributed by atoms with Gasteiger partial charge in [0.1, 0.15) is 0 Å². The maximum Gasteiger partial charge on any atom is 0.333 e. The van der Waals surface area contributed by atoms with Gasteiger partial charge in [-0.3, -0.25) is 4.79 Å². The molecule has 0 bridgehead atoms. The van der Waals surface area contributed by atoms with E-state index in [0.717, 1.165) is 12.0 Å². The molecule has 34 heavy (non-hydrogen) atoms. The molecule has 0 amide bonds. The third-order valence-corrected chi connectivity index (χ3v) is 6.50. The smallest absolute Gasteiger partial charge is 0.333 e. The van der Waals surface area contributed by atoms with Gasteiger partial charge in [-0.1, -0.05) is 103 Å². The van der Waals surface area contributed by atoms with Crippen LogP contribution < -0.4 is 0 Å². The molecular formula is C30H52O4. The van der Waals surface area contributed by atoms with Crippen molar-refractivity contribution in [3.05, 3.63) is 34.9 Å². The highest BCUT2D eigenvalue weighted by Gasteiger charge is 2.20. The van der Waals surface area contributed by atoms with Crippen molar-refractivity contribution in [2.45, 2.75) is 119 Å². The first-order valence-corrected chi connectivity index (χ1v) is 13.5. The van der Waals surface area contributed by atoms with Crippen LogP contribution in [0.3, 0.4) is 0 Å². The third kappa shape index (κ3) is 13.9. The lowest BCUT2D eigenvalue weighted by Gasteiger charge is -2.23. The number of hydrogen-bond donors (Lipinski definition) is 1. The number of Topliss-reactive ketones (excluding diaryl/α,β-unsaturated/α-hetero) is 1. The van der Waals surface area contributed by atoms with E-state index in [2.05, 4.69) is 19.9 Å². The Morgan fingerprint density at radius 1 is 0.824 bits per heavy atom. The monoisotopic (exact) mass is 476 g/mol. The zero-order valence-electron chi connectivity index (χ0n) is 23.3. The molecular weight excluding hydrogens is 424 g/mol. The highest BCUT2D eigenvalue weighted by molar-refractivity contribution is 5.99. The minimum absolute atomic E-state index is 0.0200. The molecule has 0 aliphatic heterocycles. The fourth-order valence-corrected chi connectivity index (χ4v) is 4.39. The molecule has 196 valence electrons. The molecule has 0 aliphatic carbocycles. The van der Waals surface area contributed by atoms with E-state index in [1.165, 1.54) is 51.4 Å². The first-order chi connectivity index (χ1) is 16.0. The van der Waals surface area contributed by atoms with Crippen molar-refractivity contribution in [1.29, 1.82) is 0 Å². The molecule has 3 unspecified atom stereocenters. The average Bonchev–Trinajstić information content (AvgIpc) is 2.79. The number of rotatable bonds is 18. The summed E-state index contributed by atoms with van der Waals surface area (Å²) in [6.07, 6.45) is 16.6. The fourth-order valence-electron chi connectivity index (χ4n) is 4.39. The van der Waals surface area contributed by atoms with Gasteiger partial charge < -0.3 is 9.84 Å². The van der Waals surface area contributed by atoms with Gasteiger partial charge in [-0.15, -0.1) is 0 Å².